The summed E-state index contributed by atoms with van der Waals surface area (Å²) in [4.78, 5) is 18.3. The van der Waals surface area contributed by atoms with Crippen molar-refractivity contribution < 1.29 is 4.79 Å². The van der Waals surface area contributed by atoms with E-state index >= 15 is 0 Å². The number of benzene rings is 3. The molecule has 0 spiro atoms. The van der Waals surface area contributed by atoms with E-state index in [1.54, 1.807) is 11.8 Å². The van der Waals surface area contributed by atoms with Crippen LogP contribution in [0, 0.1) is 0 Å². The van der Waals surface area contributed by atoms with E-state index in [2.05, 4.69) is 60.9 Å². The van der Waals surface area contributed by atoms with E-state index in [1.165, 1.54) is 11.1 Å². The second kappa shape index (κ2) is 10.4. The first-order chi connectivity index (χ1) is 17.5. The Morgan fingerprint density at radius 3 is 2.33 bits per heavy atom. The molecule has 5 rings (SSSR count). The van der Waals surface area contributed by atoms with Crippen LogP contribution in [0.1, 0.15) is 49.4 Å². The summed E-state index contributed by atoms with van der Waals surface area (Å²) in [5.74, 6) is 1.67. The Morgan fingerprint density at radius 2 is 1.67 bits per heavy atom. The second-order valence-corrected chi connectivity index (χ2v) is 10.1. The molecule has 1 aromatic heterocycles. The average Bonchev–Trinajstić information content (AvgIpc) is 3.30. The van der Waals surface area contributed by atoms with Gasteiger partial charge in [0.05, 0.1) is 5.57 Å². The number of nitrogens with zero attached hydrogens (tertiary/aromatic N) is 3. The molecule has 2 N–H and O–H groups in total. The molecular formula is C29H29N5OS. The van der Waals surface area contributed by atoms with Crippen LogP contribution in [0.25, 0.3) is 0 Å². The van der Waals surface area contributed by atoms with Gasteiger partial charge in [0.2, 0.25) is 11.1 Å². The zero-order valence-corrected chi connectivity index (χ0v) is 21.4. The molecule has 1 aliphatic heterocycles. The third-order valence-corrected chi connectivity index (χ3v) is 7.15. The maximum atomic E-state index is 13.6. The number of aromatic nitrogens is 3. The van der Waals surface area contributed by atoms with E-state index in [-0.39, 0.29) is 5.91 Å². The molecule has 0 radical (unpaired) electrons. The highest BCUT2D eigenvalue weighted by Gasteiger charge is 2.34. The molecule has 1 amide bonds. The third kappa shape index (κ3) is 5.06. The van der Waals surface area contributed by atoms with Crippen LogP contribution in [0.3, 0.4) is 0 Å². The molecule has 3 aromatic carbocycles. The van der Waals surface area contributed by atoms with Crippen molar-refractivity contribution in [3.63, 3.8) is 0 Å². The van der Waals surface area contributed by atoms with Gasteiger partial charge in [-0.05, 0) is 41.7 Å². The first-order valence-corrected chi connectivity index (χ1v) is 13.1. The molecule has 0 saturated heterocycles. The molecule has 36 heavy (non-hydrogen) atoms. The van der Waals surface area contributed by atoms with Crippen LogP contribution >= 0.6 is 11.8 Å². The van der Waals surface area contributed by atoms with Crippen LogP contribution < -0.4 is 10.6 Å². The molecule has 0 aliphatic carbocycles. The van der Waals surface area contributed by atoms with Crippen LogP contribution in [-0.2, 0) is 10.5 Å². The third-order valence-electron chi connectivity index (χ3n) is 6.24. The van der Waals surface area contributed by atoms with Gasteiger partial charge in [-0.25, -0.2) is 4.68 Å². The van der Waals surface area contributed by atoms with Crippen molar-refractivity contribution in [3.8, 4) is 0 Å². The van der Waals surface area contributed by atoms with Crippen molar-refractivity contribution in [2.24, 2.45) is 0 Å². The number of allylic oxidation sites excluding steroid dienone is 1. The fraction of sp³-hybridized carbons (Fsp3) is 0.207. The van der Waals surface area contributed by atoms with Gasteiger partial charge in [-0.2, -0.15) is 4.98 Å². The van der Waals surface area contributed by atoms with Crippen molar-refractivity contribution in [1.82, 2.24) is 14.8 Å². The predicted molar refractivity (Wildman–Crippen MR) is 146 cm³/mol. The maximum Gasteiger partial charge on any atom is 0.255 e. The fourth-order valence-electron chi connectivity index (χ4n) is 4.30. The highest BCUT2D eigenvalue weighted by atomic mass is 32.2. The second-order valence-electron chi connectivity index (χ2n) is 9.14. The number of carbonyl (C=O) groups is 1. The van der Waals surface area contributed by atoms with Crippen molar-refractivity contribution in [3.05, 3.63) is 113 Å². The normalized spacial score (nSPS) is 14.9. The predicted octanol–water partition coefficient (Wildman–Crippen LogP) is 6.62. The number of thioether (sulfide) groups is 1. The van der Waals surface area contributed by atoms with Crippen molar-refractivity contribution in [2.45, 2.75) is 43.6 Å². The van der Waals surface area contributed by atoms with Crippen molar-refractivity contribution in [1.29, 1.82) is 0 Å². The summed E-state index contributed by atoms with van der Waals surface area (Å²) in [6.07, 6.45) is 0. The number of rotatable bonds is 7. The number of anilines is 2. The van der Waals surface area contributed by atoms with Gasteiger partial charge in [-0.15, -0.1) is 5.10 Å². The van der Waals surface area contributed by atoms with Crippen molar-refractivity contribution >= 4 is 29.3 Å². The molecule has 6 nitrogen and oxygen atoms in total. The van der Waals surface area contributed by atoms with Crippen LogP contribution in [0.2, 0.25) is 0 Å². The van der Waals surface area contributed by atoms with Crippen LogP contribution in [0.5, 0.6) is 0 Å². The van der Waals surface area contributed by atoms with Gasteiger partial charge < -0.3 is 10.6 Å². The number of hydrogen-bond donors (Lipinski definition) is 2. The Kier molecular flexibility index (Phi) is 6.91. The highest BCUT2D eigenvalue weighted by molar-refractivity contribution is 7.98. The summed E-state index contributed by atoms with van der Waals surface area (Å²) in [5, 5.41) is 11.9. The van der Waals surface area contributed by atoms with Gasteiger partial charge >= 0.3 is 0 Å². The minimum atomic E-state index is -0.398. The molecule has 1 aliphatic rings. The van der Waals surface area contributed by atoms with Crippen LogP contribution in [-0.4, -0.2) is 20.7 Å². The Hall–Kier alpha value is -3.84. The molecular weight excluding hydrogens is 466 g/mol. The van der Waals surface area contributed by atoms with E-state index in [4.69, 9.17) is 10.1 Å². The zero-order valence-electron chi connectivity index (χ0n) is 20.6. The summed E-state index contributed by atoms with van der Waals surface area (Å²) in [6.45, 7) is 6.27. The van der Waals surface area contributed by atoms with E-state index in [0.717, 1.165) is 22.7 Å². The Bertz CT molecular complexity index is 1380. The summed E-state index contributed by atoms with van der Waals surface area (Å²) in [5.41, 5.74) is 5.58. The van der Waals surface area contributed by atoms with Gasteiger partial charge in [0.25, 0.3) is 5.91 Å². The molecule has 0 saturated carbocycles. The minimum absolute atomic E-state index is 0.163. The Balaban J connectivity index is 1.50. The minimum Gasteiger partial charge on any atom is -0.328 e. The average molecular weight is 496 g/mol. The monoisotopic (exact) mass is 495 g/mol. The molecule has 182 valence electrons. The topological polar surface area (TPSA) is 71.8 Å². The molecule has 0 unspecified atom stereocenters. The molecule has 4 aromatic rings. The number of fused-ring (bicyclic) bond motifs is 1. The van der Waals surface area contributed by atoms with E-state index in [9.17, 15) is 4.79 Å². The van der Waals surface area contributed by atoms with Gasteiger partial charge in [-0.3, -0.25) is 4.79 Å². The highest BCUT2D eigenvalue weighted by Crippen LogP contribution is 2.37. The standard InChI is InChI=1S/C29H29N5OS/c1-19(2)22-14-16-23(17-15-22)26-25(27(35)31-24-12-8-5-9-13-24)20(3)30-28-32-29(33-34(26)28)36-18-21-10-6-4-7-11-21/h4-17,19,26H,18H2,1-3H3,(H,31,35)(H,30,32,33)/t26-/m1/s1. The Morgan fingerprint density at radius 1 is 1.00 bits per heavy atom. The Labute approximate surface area is 215 Å². The van der Waals surface area contributed by atoms with E-state index < -0.39 is 6.04 Å². The summed E-state index contributed by atoms with van der Waals surface area (Å²) in [6, 6.07) is 27.8. The number of para-hydroxylation sites is 1. The lowest BCUT2D eigenvalue weighted by molar-refractivity contribution is -0.113. The molecule has 1 atom stereocenters. The number of carbonyl (C=O) groups excluding carboxylic acids is 1. The van der Waals surface area contributed by atoms with E-state index in [0.29, 0.717) is 22.6 Å². The van der Waals surface area contributed by atoms with Gasteiger partial charge in [-0.1, -0.05) is 98.4 Å². The quantitative estimate of drug-likeness (QED) is 0.282. The number of nitrogens with one attached hydrogen (secondary N) is 2. The first-order valence-electron chi connectivity index (χ1n) is 12.1. The summed E-state index contributed by atoms with van der Waals surface area (Å²) >= 11 is 1.58. The SMILES string of the molecule is CC1=C(C(=O)Nc2ccccc2)[C@@H](c2ccc(C(C)C)cc2)n2nc(SCc3ccccc3)nc2N1. The largest absolute Gasteiger partial charge is 0.328 e. The fourth-order valence-corrected chi connectivity index (χ4v) is 5.09. The van der Waals surface area contributed by atoms with Gasteiger partial charge in [0, 0.05) is 17.1 Å². The summed E-state index contributed by atoms with van der Waals surface area (Å²) < 4.78 is 1.84. The maximum absolute atomic E-state index is 13.6. The van der Waals surface area contributed by atoms with E-state index in [1.807, 2.05) is 60.1 Å². The lowest BCUT2D eigenvalue weighted by atomic mass is 9.93. The lowest BCUT2D eigenvalue weighted by Crippen LogP contribution is -2.31. The molecule has 7 heteroatoms. The van der Waals surface area contributed by atoms with Gasteiger partial charge in [0.15, 0.2) is 0 Å². The number of amides is 1. The zero-order chi connectivity index (χ0) is 25.1. The van der Waals surface area contributed by atoms with Crippen molar-refractivity contribution in [2.75, 3.05) is 10.6 Å². The lowest BCUT2D eigenvalue weighted by Gasteiger charge is -2.29. The first kappa shape index (κ1) is 23.9. The smallest absolute Gasteiger partial charge is 0.255 e. The van der Waals surface area contributed by atoms with Crippen LogP contribution in [0.15, 0.2) is 101 Å². The molecule has 0 bridgehead atoms. The molecule has 2 heterocycles. The van der Waals surface area contributed by atoms with Gasteiger partial charge in [0.1, 0.15) is 6.04 Å². The van der Waals surface area contributed by atoms with Crippen LogP contribution in [0.4, 0.5) is 11.6 Å². The number of hydrogen-bond acceptors (Lipinski definition) is 5. The molecule has 0 fully saturated rings. The summed E-state index contributed by atoms with van der Waals surface area (Å²) in [7, 11) is 0.